The summed E-state index contributed by atoms with van der Waals surface area (Å²) in [5.74, 6) is 0. The van der Waals surface area contributed by atoms with Gasteiger partial charge in [-0.2, -0.15) is 0 Å². The number of nitrogens with one attached hydrogen (secondary N) is 2. The molecule has 0 fully saturated rings. The number of carbonyl (C=O) groups excluding carboxylic acids is 1. The molecule has 5 heteroatoms. The summed E-state index contributed by atoms with van der Waals surface area (Å²) >= 11 is 0. The molecule has 0 unspecified atom stereocenters. The van der Waals surface area contributed by atoms with Crippen molar-refractivity contribution >= 4 is 6.03 Å². The fourth-order valence-corrected chi connectivity index (χ4v) is 1.52. The Kier molecular flexibility index (Phi) is 6.83. The first-order valence-corrected chi connectivity index (χ1v) is 5.86. The lowest BCUT2D eigenvalue weighted by Crippen LogP contribution is -2.39. The third-order valence-corrected chi connectivity index (χ3v) is 2.50. The van der Waals surface area contributed by atoms with Gasteiger partial charge in [-0.1, -0.05) is 30.3 Å². The fourth-order valence-electron chi connectivity index (χ4n) is 1.52. The Morgan fingerprint density at radius 3 is 2.56 bits per heavy atom. The van der Waals surface area contributed by atoms with E-state index < -0.39 is 0 Å². The van der Waals surface area contributed by atoms with Crippen molar-refractivity contribution in [3.8, 4) is 0 Å². The average molecular weight is 252 g/mol. The monoisotopic (exact) mass is 252 g/mol. The molecule has 0 spiro atoms. The van der Waals surface area contributed by atoms with Crippen molar-refractivity contribution in [1.29, 1.82) is 0 Å². The largest absolute Gasteiger partial charge is 0.383 e. The highest BCUT2D eigenvalue weighted by Crippen LogP contribution is 2.14. The number of benzene rings is 1. The zero-order chi connectivity index (χ0) is 13.2. The SMILES string of the molecule is COCCNC(=O)NC[C@@H](OC)c1ccccc1. The van der Waals surface area contributed by atoms with Crippen LogP contribution in [0.15, 0.2) is 30.3 Å². The van der Waals surface area contributed by atoms with Gasteiger partial charge in [-0.3, -0.25) is 0 Å². The highest BCUT2D eigenvalue weighted by molar-refractivity contribution is 5.73. The molecule has 0 heterocycles. The van der Waals surface area contributed by atoms with Crippen LogP contribution in [0.1, 0.15) is 11.7 Å². The second-order valence-corrected chi connectivity index (χ2v) is 3.76. The van der Waals surface area contributed by atoms with Crippen molar-refractivity contribution in [1.82, 2.24) is 10.6 Å². The van der Waals surface area contributed by atoms with E-state index in [9.17, 15) is 4.79 Å². The molecule has 0 aromatic heterocycles. The van der Waals surface area contributed by atoms with Crippen LogP contribution < -0.4 is 10.6 Å². The minimum atomic E-state index is -0.218. The van der Waals surface area contributed by atoms with Gasteiger partial charge < -0.3 is 20.1 Å². The summed E-state index contributed by atoms with van der Waals surface area (Å²) in [5.41, 5.74) is 1.04. The van der Waals surface area contributed by atoms with E-state index in [1.807, 2.05) is 30.3 Å². The number of amides is 2. The van der Waals surface area contributed by atoms with Crippen LogP contribution >= 0.6 is 0 Å². The maximum atomic E-state index is 11.4. The normalized spacial score (nSPS) is 11.9. The van der Waals surface area contributed by atoms with Gasteiger partial charge >= 0.3 is 6.03 Å². The van der Waals surface area contributed by atoms with Gasteiger partial charge in [-0.25, -0.2) is 4.79 Å². The average Bonchev–Trinajstić information content (AvgIpc) is 2.41. The van der Waals surface area contributed by atoms with Gasteiger partial charge in [0.05, 0.1) is 12.7 Å². The van der Waals surface area contributed by atoms with E-state index in [1.165, 1.54) is 0 Å². The molecule has 0 aliphatic heterocycles. The Morgan fingerprint density at radius 2 is 1.94 bits per heavy atom. The molecule has 2 amide bonds. The number of carbonyl (C=O) groups is 1. The van der Waals surface area contributed by atoms with Crippen LogP contribution in [-0.4, -0.2) is 39.9 Å². The van der Waals surface area contributed by atoms with Crippen LogP contribution in [0.4, 0.5) is 4.79 Å². The van der Waals surface area contributed by atoms with E-state index in [4.69, 9.17) is 9.47 Å². The highest BCUT2D eigenvalue weighted by Gasteiger charge is 2.10. The first-order valence-electron chi connectivity index (χ1n) is 5.86. The topological polar surface area (TPSA) is 59.6 Å². The van der Waals surface area contributed by atoms with Crippen molar-refractivity contribution in [3.63, 3.8) is 0 Å². The van der Waals surface area contributed by atoms with Crippen molar-refractivity contribution in [2.75, 3.05) is 33.9 Å². The standard InChI is InChI=1S/C13H20N2O3/c1-17-9-8-14-13(16)15-10-12(18-2)11-6-4-3-5-7-11/h3-7,12H,8-10H2,1-2H3,(H2,14,15,16)/t12-/m1/s1. The Bertz CT molecular complexity index is 343. The van der Waals surface area contributed by atoms with Gasteiger partial charge in [0.2, 0.25) is 0 Å². The minimum Gasteiger partial charge on any atom is -0.383 e. The van der Waals surface area contributed by atoms with E-state index in [1.54, 1.807) is 14.2 Å². The molecule has 1 aromatic carbocycles. The van der Waals surface area contributed by atoms with Gasteiger partial charge in [0.15, 0.2) is 0 Å². The zero-order valence-electron chi connectivity index (χ0n) is 10.8. The van der Waals surface area contributed by atoms with E-state index in [0.717, 1.165) is 5.56 Å². The highest BCUT2D eigenvalue weighted by atomic mass is 16.5. The number of ether oxygens (including phenoxy) is 2. The van der Waals surface area contributed by atoms with E-state index >= 15 is 0 Å². The molecular formula is C13H20N2O3. The van der Waals surface area contributed by atoms with Gasteiger partial charge in [0.1, 0.15) is 0 Å². The number of hydrogen-bond acceptors (Lipinski definition) is 3. The predicted octanol–water partition coefficient (Wildman–Crippen LogP) is 1.32. The van der Waals surface area contributed by atoms with Crippen LogP contribution in [-0.2, 0) is 9.47 Å². The fraction of sp³-hybridized carbons (Fsp3) is 0.462. The second-order valence-electron chi connectivity index (χ2n) is 3.76. The summed E-state index contributed by atoms with van der Waals surface area (Å²) < 4.78 is 10.2. The van der Waals surface area contributed by atoms with Crippen molar-refractivity contribution < 1.29 is 14.3 Å². The summed E-state index contributed by atoms with van der Waals surface area (Å²) in [4.78, 5) is 11.4. The quantitative estimate of drug-likeness (QED) is 0.719. The van der Waals surface area contributed by atoms with Gasteiger partial charge in [-0.05, 0) is 5.56 Å². The van der Waals surface area contributed by atoms with E-state index in [0.29, 0.717) is 19.7 Å². The molecule has 0 saturated carbocycles. The minimum absolute atomic E-state index is 0.139. The molecule has 0 aliphatic rings. The number of rotatable bonds is 7. The van der Waals surface area contributed by atoms with Crippen LogP contribution in [0.3, 0.4) is 0 Å². The van der Waals surface area contributed by atoms with Crippen LogP contribution in [0.25, 0.3) is 0 Å². The van der Waals surface area contributed by atoms with Crippen molar-refractivity contribution in [2.45, 2.75) is 6.10 Å². The van der Waals surface area contributed by atoms with Gasteiger partial charge in [0.25, 0.3) is 0 Å². The van der Waals surface area contributed by atoms with Crippen LogP contribution in [0.2, 0.25) is 0 Å². The second kappa shape index (κ2) is 8.49. The first kappa shape index (κ1) is 14.5. The van der Waals surface area contributed by atoms with E-state index in [2.05, 4.69) is 10.6 Å². The summed E-state index contributed by atoms with van der Waals surface area (Å²) in [7, 11) is 3.22. The third kappa shape index (κ3) is 5.16. The summed E-state index contributed by atoms with van der Waals surface area (Å²) in [6, 6.07) is 9.56. The molecule has 0 aliphatic carbocycles. The number of methoxy groups -OCH3 is 2. The number of hydrogen-bond donors (Lipinski definition) is 2. The zero-order valence-corrected chi connectivity index (χ0v) is 10.8. The Morgan fingerprint density at radius 1 is 1.22 bits per heavy atom. The maximum absolute atomic E-state index is 11.4. The number of urea groups is 1. The Balaban J connectivity index is 2.34. The smallest absolute Gasteiger partial charge is 0.314 e. The summed E-state index contributed by atoms with van der Waals surface area (Å²) in [5, 5.41) is 5.44. The molecule has 0 bridgehead atoms. The molecule has 2 N–H and O–H groups in total. The summed E-state index contributed by atoms with van der Waals surface area (Å²) in [6.07, 6.45) is -0.139. The molecule has 0 saturated heterocycles. The van der Waals surface area contributed by atoms with Crippen LogP contribution in [0, 0.1) is 0 Å². The maximum Gasteiger partial charge on any atom is 0.314 e. The van der Waals surface area contributed by atoms with E-state index in [-0.39, 0.29) is 12.1 Å². The molecule has 1 rings (SSSR count). The lowest BCUT2D eigenvalue weighted by atomic mass is 10.1. The van der Waals surface area contributed by atoms with Crippen molar-refractivity contribution in [2.24, 2.45) is 0 Å². The van der Waals surface area contributed by atoms with Gasteiger partial charge in [-0.15, -0.1) is 0 Å². The van der Waals surface area contributed by atoms with Crippen molar-refractivity contribution in [3.05, 3.63) is 35.9 Å². The molecule has 1 atom stereocenters. The summed E-state index contributed by atoms with van der Waals surface area (Å²) in [6.45, 7) is 1.42. The molecule has 0 radical (unpaired) electrons. The Labute approximate surface area is 107 Å². The third-order valence-electron chi connectivity index (χ3n) is 2.50. The Hall–Kier alpha value is -1.59. The lowest BCUT2D eigenvalue weighted by molar-refractivity contribution is 0.104. The molecule has 18 heavy (non-hydrogen) atoms. The predicted molar refractivity (Wildman–Crippen MR) is 69.5 cm³/mol. The molecule has 5 nitrogen and oxygen atoms in total. The molecular weight excluding hydrogens is 232 g/mol. The van der Waals surface area contributed by atoms with Gasteiger partial charge in [0, 0.05) is 27.3 Å². The molecule has 1 aromatic rings. The molecule has 100 valence electrons. The first-order chi connectivity index (χ1) is 8.77. The van der Waals surface area contributed by atoms with Crippen LogP contribution in [0.5, 0.6) is 0 Å². The lowest BCUT2D eigenvalue weighted by Gasteiger charge is -2.16.